The topological polar surface area (TPSA) is 20.3 Å². The van der Waals surface area contributed by atoms with E-state index in [1.807, 2.05) is 6.92 Å². The fraction of sp³-hybridized carbons (Fsp3) is 0.944. The molecule has 1 aliphatic carbocycles. The summed E-state index contributed by atoms with van der Waals surface area (Å²) in [6.07, 6.45) is 14.6. The molecule has 0 spiro atoms. The van der Waals surface area contributed by atoms with Gasteiger partial charge in [-0.15, -0.1) is 0 Å². The molecule has 2 unspecified atom stereocenters. The lowest BCUT2D eigenvalue weighted by Gasteiger charge is -2.41. The van der Waals surface area contributed by atoms with Crippen LogP contribution >= 0.6 is 0 Å². The van der Waals surface area contributed by atoms with Crippen molar-refractivity contribution in [3.8, 4) is 0 Å². The van der Waals surface area contributed by atoms with Gasteiger partial charge in [0.05, 0.1) is 0 Å². The van der Waals surface area contributed by atoms with Crippen LogP contribution in [-0.2, 0) is 4.79 Å². The Hall–Kier alpha value is -0.370. The highest BCUT2D eigenvalue weighted by Crippen LogP contribution is 2.34. The average molecular weight is 279 g/mol. The first-order chi connectivity index (χ1) is 9.70. The summed E-state index contributed by atoms with van der Waals surface area (Å²) in [5.74, 6) is 1.49. The van der Waals surface area contributed by atoms with E-state index in [2.05, 4.69) is 11.9 Å². The van der Waals surface area contributed by atoms with E-state index in [1.54, 1.807) is 0 Å². The Morgan fingerprint density at radius 2 is 1.40 bits per heavy atom. The number of hydrogen-bond donors (Lipinski definition) is 0. The molecule has 2 aliphatic rings. The number of nitrogens with zero attached hydrogens (tertiary/aromatic N) is 1. The van der Waals surface area contributed by atoms with Gasteiger partial charge in [0.25, 0.3) is 0 Å². The number of carbonyl (C=O) groups is 1. The van der Waals surface area contributed by atoms with Crippen LogP contribution in [0.1, 0.15) is 77.6 Å². The fourth-order valence-corrected chi connectivity index (χ4v) is 4.49. The molecule has 0 aromatic rings. The van der Waals surface area contributed by atoms with Crippen molar-refractivity contribution in [2.24, 2.45) is 11.8 Å². The van der Waals surface area contributed by atoms with Gasteiger partial charge in [-0.25, -0.2) is 0 Å². The number of ketones is 1. The van der Waals surface area contributed by atoms with Crippen molar-refractivity contribution in [1.82, 2.24) is 4.90 Å². The molecule has 1 saturated heterocycles. The zero-order valence-corrected chi connectivity index (χ0v) is 13.6. The second-order valence-electron chi connectivity index (χ2n) is 7.14. The molecule has 0 N–H and O–H groups in total. The third-order valence-electron chi connectivity index (χ3n) is 5.60. The highest BCUT2D eigenvalue weighted by Gasteiger charge is 2.35. The Morgan fingerprint density at radius 1 is 0.850 bits per heavy atom. The van der Waals surface area contributed by atoms with E-state index in [9.17, 15) is 4.79 Å². The molecule has 0 bridgehead atoms. The van der Waals surface area contributed by atoms with E-state index < -0.39 is 0 Å². The van der Waals surface area contributed by atoms with E-state index >= 15 is 0 Å². The van der Waals surface area contributed by atoms with Gasteiger partial charge in [-0.05, 0) is 52.1 Å². The zero-order chi connectivity index (χ0) is 14.4. The first kappa shape index (κ1) is 16.0. The van der Waals surface area contributed by atoms with Crippen molar-refractivity contribution in [2.45, 2.75) is 83.6 Å². The third kappa shape index (κ3) is 4.31. The van der Waals surface area contributed by atoms with Crippen molar-refractivity contribution in [2.75, 3.05) is 13.6 Å². The van der Waals surface area contributed by atoms with Crippen molar-refractivity contribution < 1.29 is 4.79 Å². The van der Waals surface area contributed by atoms with Gasteiger partial charge in [0.1, 0.15) is 5.78 Å². The Bertz CT molecular complexity index is 294. The number of rotatable bonds is 2. The van der Waals surface area contributed by atoms with Gasteiger partial charge in [0.15, 0.2) is 0 Å². The quantitative estimate of drug-likeness (QED) is 0.745. The molecule has 116 valence electrons. The first-order valence-electron chi connectivity index (χ1n) is 8.91. The minimum atomic E-state index is 0.296. The third-order valence-corrected chi connectivity index (χ3v) is 5.60. The maximum atomic E-state index is 12.2. The molecule has 2 nitrogen and oxygen atoms in total. The van der Waals surface area contributed by atoms with Crippen LogP contribution in [0.3, 0.4) is 0 Å². The monoisotopic (exact) mass is 279 g/mol. The molecule has 2 rings (SSSR count). The first-order valence-corrected chi connectivity index (χ1v) is 8.91. The summed E-state index contributed by atoms with van der Waals surface area (Å²) >= 11 is 0. The number of likely N-dealkylation sites (tertiary alicyclic amines) is 1. The van der Waals surface area contributed by atoms with Crippen LogP contribution in [0, 0.1) is 11.8 Å². The van der Waals surface area contributed by atoms with Crippen molar-refractivity contribution in [3.05, 3.63) is 0 Å². The Balaban J connectivity index is 2.12. The van der Waals surface area contributed by atoms with Crippen molar-refractivity contribution in [1.29, 1.82) is 0 Å². The molecule has 0 radical (unpaired) electrons. The van der Waals surface area contributed by atoms with Crippen LogP contribution in [0.5, 0.6) is 0 Å². The average Bonchev–Trinajstić information content (AvgIpc) is 2.35. The van der Waals surface area contributed by atoms with Gasteiger partial charge < -0.3 is 4.90 Å². The summed E-state index contributed by atoms with van der Waals surface area (Å²) in [6, 6.07) is 0.519. The molecule has 2 heteroatoms. The molecular weight excluding hydrogens is 246 g/mol. The fourth-order valence-electron chi connectivity index (χ4n) is 4.49. The second kappa shape index (κ2) is 8.17. The van der Waals surface area contributed by atoms with Gasteiger partial charge in [-0.2, -0.15) is 0 Å². The molecule has 0 aromatic carbocycles. The van der Waals surface area contributed by atoms with Gasteiger partial charge >= 0.3 is 0 Å². The summed E-state index contributed by atoms with van der Waals surface area (Å²) in [6.45, 7) is 3.01. The molecule has 1 aliphatic heterocycles. The maximum absolute atomic E-state index is 12.2. The van der Waals surface area contributed by atoms with Gasteiger partial charge in [0.2, 0.25) is 0 Å². The van der Waals surface area contributed by atoms with Crippen LogP contribution < -0.4 is 0 Å². The van der Waals surface area contributed by atoms with Crippen LogP contribution in [0.15, 0.2) is 0 Å². The minimum absolute atomic E-state index is 0.296. The molecular formula is C18H33NO. The minimum Gasteiger partial charge on any atom is -0.302 e. The Kier molecular flexibility index (Phi) is 6.54. The molecule has 20 heavy (non-hydrogen) atoms. The molecule has 1 heterocycles. The summed E-state index contributed by atoms with van der Waals surface area (Å²) in [4.78, 5) is 14.7. The lowest BCUT2D eigenvalue weighted by atomic mass is 9.75. The predicted octanol–water partition coefficient (Wildman–Crippen LogP) is 4.43. The van der Waals surface area contributed by atoms with Crippen molar-refractivity contribution >= 4 is 5.78 Å². The summed E-state index contributed by atoms with van der Waals surface area (Å²) < 4.78 is 0. The lowest BCUT2D eigenvalue weighted by molar-refractivity contribution is -0.124. The van der Waals surface area contributed by atoms with Crippen molar-refractivity contribution in [3.63, 3.8) is 0 Å². The Labute approximate surface area is 125 Å². The molecule has 1 saturated carbocycles. The van der Waals surface area contributed by atoms with E-state index in [0.29, 0.717) is 17.7 Å². The molecule has 2 atom stereocenters. The standard InChI is InChI=1S/C18H33NO/c1-15(20)17-13-9-6-10-14-19(2)18(17)16-11-7-4-3-5-8-12-16/h16-18H,3-14H2,1-2H3. The van der Waals surface area contributed by atoms with Gasteiger partial charge in [-0.3, -0.25) is 4.79 Å². The van der Waals surface area contributed by atoms with Crippen LogP contribution in [0.4, 0.5) is 0 Å². The zero-order valence-electron chi connectivity index (χ0n) is 13.6. The number of carbonyl (C=O) groups excluding carboxylic acids is 1. The smallest absolute Gasteiger partial charge is 0.134 e. The Morgan fingerprint density at radius 3 is 2.05 bits per heavy atom. The van der Waals surface area contributed by atoms with Gasteiger partial charge in [0, 0.05) is 12.0 Å². The SMILES string of the molecule is CC(=O)C1CCCCCN(C)C1C1CCCCCCC1. The van der Waals surface area contributed by atoms with E-state index in [-0.39, 0.29) is 0 Å². The highest BCUT2D eigenvalue weighted by molar-refractivity contribution is 5.79. The van der Waals surface area contributed by atoms with E-state index in [0.717, 1.165) is 12.3 Å². The normalized spacial score (nSPS) is 31.9. The molecule has 2 fully saturated rings. The second-order valence-corrected chi connectivity index (χ2v) is 7.14. The largest absolute Gasteiger partial charge is 0.302 e. The maximum Gasteiger partial charge on any atom is 0.134 e. The molecule has 0 amide bonds. The van der Waals surface area contributed by atoms with Crippen LogP contribution in [-0.4, -0.2) is 30.3 Å². The van der Waals surface area contributed by atoms with Gasteiger partial charge in [-0.1, -0.05) is 44.9 Å². The molecule has 0 aromatic heterocycles. The van der Waals surface area contributed by atoms with Crippen LogP contribution in [0.2, 0.25) is 0 Å². The number of Topliss-reactive ketones (excluding diaryl/α,β-unsaturated/α-hetero) is 1. The predicted molar refractivity (Wildman–Crippen MR) is 84.9 cm³/mol. The highest BCUT2D eigenvalue weighted by atomic mass is 16.1. The van der Waals surface area contributed by atoms with E-state index in [4.69, 9.17) is 0 Å². The summed E-state index contributed by atoms with van der Waals surface area (Å²) in [5.41, 5.74) is 0. The van der Waals surface area contributed by atoms with Crippen LogP contribution in [0.25, 0.3) is 0 Å². The summed E-state index contributed by atoms with van der Waals surface area (Å²) in [5, 5.41) is 0. The van der Waals surface area contributed by atoms with E-state index in [1.165, 1.54) is 70.8 Å². The lowest BCUT2D eigenvalue weighted by Crippen LogP contribution is -2.47. The summed E-state index contributed by atoms with van der Waals surface area (Å²) in [7, 11) is 2.27. The number of hydrogen-bond acceptors (Lipinski definition) is 2.